The number of nitrogens with one attached hydrogen (secondary N) is 1. The fourth-order valence-electron chi connectivity index (χ4n) is 3.71. The first-order valence-electron chi connectivity index (χ1n) is 11.5. The Bertz CT molecular complexity index is 1360. The molecular weight excluding hydrogens is 487 g/mol. The number of carbonyl (C=O) groups excluding carboxylic acids is 1. The highest BCUT2D eigenvalue weighted by molar-refractivity contribution is 7.89. The maximum absolute atomic E-state index is 14.5. The summed E-state index contributed by atoms with van der Waals surface area (Å²) >= 11 is 0. The molecule has 1 amide bonds. The van der Waals surface area contributed by atoms with E-state index >= 15 is 0 Å². The van der Waals surface area contributed by atoms with Crippen LogP contribution in [0.15, 0.2) is 54.7 Å². The number of amides is 1. The molecular formula is C26H27FN2O6S. The summed E-state index contributed by atoms with van der Waals surface area (Å²) in [4.78, 5) is 16.3. The van der Waals surface area contributed by atoms with Crippen LogP contribution in [0, 0.1) is 11.7 Å². The number of hydrogen-bond donors (Lipinski definition) is 2. The Balaban J connectivity index is 1.43. The van der Waals surface area contributed by atoms with E-state index in [4.69, 9.17) is 9.47 Å². The van der Waals surface area contributed by atoms with E-state index in [0.29, 0.717) is 29.7 Å². The molecule has 1 aliphatic rings. The summed E-state index contributed by atoms with van der Waals surface area (Å²) in [6, 6.07) is 12.7. The van der Waals surface area contributed by atoms with Crippen molar-refractivity contribution in [3.05, 3.63) is 77.2 Å². The minimum atomic E-state index is -3.75. The Morgan fingerprint density at radius 2 is 1.92 bits per heavy atom. The normalized spacial score (nSPS) is 13.6. The van der Waals surface area contributed by atoms with Crippen molar-refractivity contribution in [3.63, 3.8) is 0 Å². The van der Waals surface area contributed by atoms with Crippen LogP contribution < -0.4 is 14.2 Å². The number of aliphatic hydroxyl groups is 1. The quantitative estimate of drug-likeness (QED) is 0.423. The number of rotatable bonds is 10. The summed E-state index contributed by atoms with van der Waals surface area (Å²) in [5.41, 5.74) is 2.26. The van der Waals surface area contributed by atoms with Crippen molar-refractivity contribution in [2.45, 2.75) is 32.5 Å². The molecule has 0 atom stereocenters. The first-order chi connectivity index (χ1) is 17.2. The average molecular weight is 515 g/mol. The molecule has 0 aliphatic heterocycles. The van der Waals surface area contributed by atoms with E-state index in [1.807, 2.05) is 12.1 Å². The summed E-state index contributed by atoms with van der Waals surface area (Å²) in [6.07, 6.45) is 6.06. The van der Waals surface area contributed by atoms with E-state index in [1.54, 1.807) is 29.1 Å². The number of halogens is 1. The minimum absolute atomic E-state index is 0.0999. The molecule has 0 saturated heterocycles. The molecule has 10 heteroatoms. The molecule has 4 rings (SSSR count). The average Bonchev–Trinajstić information content (AvgIpc) is 2.81. The van der Waals surface area contributed by atoms with Crippen LogP contribution in [0.25, 0.3) is 11.1 Å². The molecule has 2 aromatic carbocycles. The molecule has 0 radical (unpaired) electrons. The van der Waals surface area contributed by atoms with Crippen LogP contribution in [0.4, 0.5) is 4.39 Å². The maximum Gasteiger partial charge on any atom is 0.264 e. The van der Waals surface area contributed by atoms with Crippen molar-refractivity contribution in [1.82, 2.24) is 9.71 Å². The van der Waals surface area contributed by atoms with Gasteiger partial charge in [0.15, 0.2) is 0 Å². The molecule has 8 nitrogen and oxygen atoms in total. The molecule has 36 heavy (non-hydrogen) atoms. The van der Waals surface area contributed by atoms with E-state index < -0.39 is 21.7 Å². The topological polar surface area (TPSA) is 115 Å². The number of hydrogen-bond acceptors (Lipinski definition) is 7. The molecule has 190 valence electrons. The zero-order valence-electron chi connectivity index (χ0n) is 19.7. The highest BCUT2D eigenvalue weighted by atomic mass is 32.2. The number of benzene rings is 2. The smallest absolute Gasteiger partial charge is 0.264 e. The SMILES string of the molecule is CS(=O)(=O)NC(=O)c1ccc(COc2cccc(-c3cnc(OCC4CCC4)c(CO)c3)c2)c(F)c1. The van der Waals surface area contributed by atoms with Gasteiger partial charge in [0.2, 0.25) is 15.9 Å². The van der Waals surface area contributed by atoms with Crippen molar-refractivity contribution in [1.29, 1.82) is 0 Å². The van der Waals surface area contributed by atoms with Gasteiger partial charge in [0.05, 0.1) is 19.5 Å². The highest BCUT2D eigenvalue weighted by Gasteiger charge is 2.19. The number of pyridine rings is 1. The van der Waals surface area contributed by atoms with Gasteiger partial charge in [-0.1, -0.05) is 24.6 Å². The van der Waals surface area contributed by atoms with Crippen LogP contribution in [0.1, 0.15) is 40.7 Å². The van der Waals surface area contributed by atoms with Gasteiger partial charge in [-0.3, -0.25) is 4.79 Å². The van der Waals surface area contributed by atoms with Gasteiger partial charge in [-0.15, -0.1) is 0 Å². The minimum Gasteiger partial charge on any atom is -0.489 e. The molecule has 0 spiro atoms. The van der Waals surface area contributed by atoms with Gasteiger partial charge >= 0.3 is 0 Å². The van der Waals surface area contributed by atoms with Gasteiger partial charge in [0.1, 0.15) is 18.2 Å². The summed E-state index contributed by atoms with van der Waals surface area (Å²) in [6.45, 7) is 0.300. The zero-order valence-corrected chi connectivity index (χ0v) is 20.6. The Morgan fingerprint density at radius 3 is 2.58 bits per heavy atom. The predicted octanol–water partition coefficient (Wildman–Crippen LogP) is 3.83. The van der Waals surface area contributed by atoms with E-state index in [2.05, 4.69) is 4.98 Å². The lowest BCUT2D eigenvalue weighted by Crippen LogP contribution is -2.29. The van der Waals surface area contributed by atoms with E-state index in [9.17, 15) is 22.7 Å². The largest absolute Gasteiger partial charge is 0.489 e. The number of aromatic nitrogens is 1. The van der Waals surface area contributed by atoms with Crippen LogP contribution in [0.5, 0.6) is 11.6 Å². The van der Waals surface area contributed by atoms with Gasteiger partial charge in [-0.2, -0.15) is 0 Å². The Morgan fingerprint density at radius 1 is 1.11 bits per heavy atom. The first kappa shape index (κ1) is 25.6. The summed E-state index contributed by atoms with van der Waals surface area (Å²) in [7, 11) is -3.75. The van der Waals surface area contributed by atoms with Crippen molar-refractivity contribution in [3.8, 4) is 22.8 Å². The van der Waals surface area contributed by atoms with Gasteiger partial charge < -0.3 is 14.6 Å². The Labute approximate surface area is 209 Å². The van der Waals surface area contributed by atoms with E-state index in [0.717, 1.165) is 36.3 Å². The molecule has 1 fully saturated rings. The second kappa shape index (κ2) is 11.0. The monoisotopic (exact) mass is 514 g/mol. The maximum atomic E-state index is 14.5. The zero-order chi connectivity index (χ0) is 25.7. The Hall–Kier alpha value is -3.50. The van der Waals surface area contributed by atoms with Crippen molar-refractivity contribution < 1.29 is 32.2 Å². The van der Waals surface area contributed by atoms with Crippen LogP contribution in [-0.2, 0) is 23.2 Å². The van der Waals surface area contributed by atoms with Crippen LogP contribution in [-0.4, -0.2) is 37.3 Å². The molecule has 0 unspecified atom stereocenters. The lowest BCUT2D eigenvalue weighted by atomic mass is 9.86. The van der Waals surface area contributed by atoms with Gasteiger partial charge in [-0.05, 0) is 54.7 Å². The number of sulfonamides is 1. The summed E-state index contributed by atoms with van der Waals surface area (Å²) < 4.78 is 50.3. The third kappa shape index (κ3) is 6.58. The van der Waals surface area contributed by atoms with Crippen molar-refractivity contribution in [2.75, 3.05) is 12.9 Å². The number of carbonyl (C=O) groups is 1. The summed E-state index contributed by atoms with van der Waals surface area (Å²) in [5, 5.41) is 9.79. The lowest BCUT2D eigenvalue weighted by molar-refractivity contribution is 0.0981. The second-order valence-corrected chi connectivity index (χ2v) is 10.5. The molecule has 0 bridgehead atoms. The van der Waals surface area contributed by atoms with E-state index in [1.165, 1.54) is 18.6 Å². The first-order valence-corrected chi connectivity index (χ1v) is 13.4. The predicted molar refractivity (Wildman–Crippen MR) is 131 cm³/mol. The molecule has 3 aromatic rings. The van der Waals surface area contributed by atoms with Crippen LogP contribution >= 0.6 is 0 Å². The third-order valence-electron chi connectivity index (χ3n) is 5.93. The lowest BCUT2D eigenvalue weighted by Gasteiger charge is -2.25. The number of nitrogens with zero attached hydrogens (tertiary/aromatic N) is 1. The standard InChI is InChI=1S/C26H27FN2O6S/c1-36(32,33)29-25(31)19-8-9-20(24(27)12-19)16-34-23-7-3-6-18(11-23)21-10-22(14-30)26(28-13-21)35-15-17-4-2-5-17/h3,6-13,17,30H,2,4-5,14-16H2,1H3,(H,29,31). The summed E-state index contributed by atoms with van der Waals surface area (Å²) in [5.74, 6) is -0.127. The molecule has 1 aromatic heterocycles. The van der Waals surface area contributed by atoms with Crippen molar-refractivity contribution >= 4 is 15.9 Å². The van der Waals surface area contributed by atoms with Crippen LogP contribution in [0.3, 0.4) is 0 Å². The third-order valence-corrected chi connectivity index (χ3v) is 6.49. The van der Waals surface area contributed by atoms with Crippen molar-refractivity contribution in [2.24, 2.45) is 5.92 Å². The molecule has 1 aliphatic carbocycles. The second-order valence-electron chi connectivity index (χ2n) is 8.78. The van der Waals surface area contributed by atoms with E-state index in [-0.39, 0.29) is 24.3 Å². The fraction of sp³-hybridized carbons (Fsp3) is 0.308. The highest BCUT2D eigenvalue weighted by Crippen LogP contribution is 2.30. The van der Waals surface area contributed by atoms with Crippen LogP contribution in [0.2, 0.25) is 0 Å². The molecule has 1 saturated carbocycles. The fourth-order valence-corrected chi connectivity index (χ4v) is 4.17. The Kier molecular flexibility index (Phi) is 7.85. The van der Waals surface area contributed by atoms with Gasteiger partial charge in [0.25, 0.3) is 5.91 Å². The van der Waals surface area contributed by atoms with Gasteiger partial charge in [-0.25, -0.2) is 22.5 Å². The molecule has 2 N–H and O–H groups in total. The number of ether oxygens (including phenoxy) is 2. The van der Waals surface area contributed by atoms with Gasteiger partial charge in [0, 0.05) is 28.5 Å². The number of aliphatic hydroxyl groups excluding tert-OH is 1. The molecule has 1 heterocycles.